The summed E-state index contributed by atoms with van der Waals surface area (Å²) in [5, 5.41) is 9.15. The first-order chi connectivity index (χ1) is 13.6. The van der Waals surface area contributed by atoms with E-state index in [2.05, 4.69) is 31.4 Å². The Morgan fingerprint density at radius 2 is 1.75 bits per heavy atom. The van der Waals surface area contributed by atoms with E-state index in [-0.39, 0.29) is 5.69 Å². The number of imidazole rings is 1. The topological polar surface area (TPSA) is 74.5 Å². The van der Waals surface area contributed by atoms with Crippen LogP contribution < -0.4 is 4.90 Å². The second kappa shape index (κ2) is 8.31. The van der Waals surface area contributed by atoms with Crippen molar-refractivity contribution < 1.29 is 9.90 Å². The number of pyridine rings is 1. The summed E-state index contributed by atoms with van der Waals surface area (Å²) < 4.78 is 2.11. The van der Waals surface area contributed by atoms with Crippen LogP contribution >= 0.6 is 0 Å². The summed E-state index contributed by atoms with van der Waals surface area (Å²) in [6.07, 6.45) is 10.4. The number of carboxylic acid groups (broad SMARTS) is 1. The second-order valence-electron chi connectivity index (χ2n) is 8.10. The monoisotopic (exact) mass is 383 g/mol. The molecule has 0 spiro atoms. The summed E-state index contributed by atoms with van der Waals surface area (Å²) in [5.41, 5.74) is 1.11. The van der Waals surface area contributed by atoms with Gasteiger partial charge in [-0.2, -0.15) is 0 Å². The van der Waals surface area contributed by atoms with Crippen molar-refractivity contribution in [2.45, 2.75) is 32.2 Å². The van der Waals surface area contributed by atoms with Crippen molar-refractivity contribution >= 4 is 11.7 Å². The first-order valence-corrected chi connectivity index (χ1v) is 10.2. The van der Waals surface area contributed by atoms with Crippen LogP contribution in [0, 0.1) is 11.8 Å². The molecule has 2 saturated heterocycles. The van der Waals surface area contributed by atoms with Crippen LogP contribution in [0.2, 0.25) is 0 Å². The fourth-order valence-corrected chi connectivity index (χ4v) is 4.69. The highest BCUT2D eigenvalue weighted by Gasteiger charge is 2.30. The lowest BCUT2D eigenvalue weighted by Crippen LogP contribution is -2.41. The number of anilines is 1. The van der Waals surface area contributed by atoms with Crippen LogP contribution in [0.25, 0.3) is 0 Å². The Kier molecular flexibility index (Phi) is 5.62. The Balaban J connectivity index is 1.26. The summed E-state index contributed by atoms with van der Waals surface area (Å²) in [6, 6.07) is 3.61. The summed E-state index contributed by atoms with van der Waals surface area (Å²) in [7, 11) is 2.06. The van der Waals surface area contributed by atoms with Gasteiger partial charge in [-0.1, -0.05) is 0 Å². The van der Waals surface area contributed by atoms with Crippen molar-refractivity contribution in [1.82, 2.24) is 19.4 Å². The fourth-order valence-electron chi connectivity index (χ4n) is 4.69. The SMILES string of the molecule is Cn1ccnc1CN1CCC(C2CCN(c3ccnc(C(=O)O)c3)CC2)CC1. The number of nitrogens with zero attached hydrogens (tertiary/aromatic N) is 5. The van der Waals surface area contributed by atoms with Crippen LogP contribution in [0.3, 0.4) is 0 Å². The largest absolute Gasteiger partial charge is 0.477 e. The van der Waals surface area contributed by atoms with Gasteiger partial charge in [-0.3, -0.25) is 4.90 Å². The van der Waals surface area contributed by atoms with Crippen LogP contribution in [0.4, 0.5) is 5.69 Å². The maximum atomic E-state index is 11.1. The molecule has 0 radical (unpaired) electrons. The highest BCUT2D eigenvalue weighted by atomic mass is 16.4. The van der Waals surface area contributed by atoms with Crippen molar-refractivity contribution in [2.75, 3.05) is 31.1 Å². The molecule has 2 aliphatic heterocycles. The number of piperidine rings is 2. The van der Waals surface area contributed by atoms with Crippen molar-refractivity contribution in [3.8, 4) is 0 Å². The molecule has 0 aromatic carbocycles. The van der Waals surface area contributed by atoms with Gasteiger partial charge < -0.3 is 14.6 Å². The third-order valence-electron chi connectivity index (χ3n) is 6.45. The first kappa shape index (κ1) is 18.9. The van der Waals surface area contributed by atoms with Gasteiger partial charge in [0.15, 0.2) is 0 Å². The average molecular weight is 383 g/mol. The third kappa shape index (κ3) is 4.19. The molecule has 0 atom stereocenters. The van der Waals surface area contributed by atoms with Gasteiger partial charge in [0.25, 0.3) is 0 Å². The molecule has 0 amide bonds. The molecular formula is C21H29N5O2. The van der Waals surface area contributed by atoms with Gasteiger partial charge in [-0.25, -0.2) is 14.8 Å². The van der Waals surface area contributed by atoms with E-state index in [1.54, 1.807) is 12.3 Å². The molecule has 2 aromatic heterocycles. The lowest BCUT2D eigenvalue weighted by Gasteiger charge is -2.40. The summed E-state index contributed by atoms with van der Waals surface area (Å²) in [5.74, 6) is 1.78. The molecule has 2 aromatic rings. The van der Waals surface area contributed by atoms with Crippen molar-refractivity contribution in [1.29, 1.82) is 0 Å². The number of aromatic carboxylic acids is 1. The zero-order chi connectivity index (χ0) is 19.5. The van der Waals surface area contributed by atoms with E-state index in [0.717, 1.165) is 56.1 Å². The van der Waals surface area contributed by atoms with E-state index in [4.69, 9.17) is 5.11 Å². The third-order valence-corrected chi connectivity index (χ3v) is 6.45. The minimum Gasteiger partial charge on any atom is -0.477 e. The molecule has 7 heteroatoms. The molecule has 1 N–H and O–H groups in total. The van der Waals surface area contributed by atoms with Gasteiger partial charge in [0, 0.05) is 44.4 Å². The normalized spacial score (nSPS) is 19.8. The number of hydrogen-bond acceptors (Lipinski definition) is 5. The van der Waals surface area contributed by atoms with Crippen LogP contribution in [0.5, 0.6) is 0 Å². The number of aryl methyl sites for hydroxylation is 1. The number of likely N-dealkylation sites (tertiary alicyclic amines) is 1. The number of hydrogen-bond donors (Lipinski definition) is 1. The summed E-state index contributed by atoms with van der Waals surface area (Å²) in [4.78, 5) is 24.4. The molecule has 0 unspecified atom stereocenters. The van der Waals surface area contributed by atoms with E-state index in [1.807, 2.05) is 18.5 Å². The molecule has 4 heterocycles. The Morgan fingerprint density at radius 1 is 1.07 bits per heavy atom. The highest BCUT2D eigenvalue weighted by Crippen LogP contribution is 2.34. The smallest absolute Gasteiger partial charge is 0.354 e. The average Bonchev–Trinajstić information content (AvgIpc) is 3.13. The second-order valence-corrected chi connectivity index (χ2v) is 8.10. The maximum absolute atomic E-state index is 11.1. The van der Waals surface area contributed by atoms with Gasteiger partial charge in [0.05, 0.1) is 6.54 Å². The number of rotatable bonds is 5. The minimum absolute atomic E-state index is 0.125. The molecule has 7 nitrogen and oxygen atoms in total. The van der Waals surface area contributed by atoms with E-state index in [1.165, 1.54) is 25.7 Å². The van der Waals surface area contributed by atoms with Crippen molar-refractivity contribution in [3.63, 3.8) is 0 Å². The number of aromatic nitrogens is 3. The van der Waals surface area contributed by atoms with Crippen molar-refractivity contribution in [2.24, 2.45) is 18.9 Å². The molecule has 150 valence electrons. The van der Waals surface area contributed by atoms with Gasteiger partial charge in [-0.15, -0.1) is 0 Å². The van der Waals surface area contributed by atoms with E-state index >= 15 is 0 Å². The highest BCUT2D eigenvalue weighted by molar-refractivity contribution is 5.86. The lowest BCUT2D eigenvalue weighted by atomic mass is 9.78. The summed E-state index contributed by atoms with van der Waals surface area (Å²) in [6.45, 7) is 5.26. The van der Waals surface area contributed by atoms with E-state index in [0.29, 0.717) is 0 Å². The van der Waals surface area contributed by atoms with Gasteiger partial charge >= 0.3 is 5.97 Å². The first-order valence-electron chi connectivity index (χ1n) is 10.2. The Hall–Kier alpha value is -2.41. The number of carbonyl (C=O) groups is 1. The molecule has 0 saturated carbocycles. The zero-order valence-electron chi connectivity index (χ0n) is 16.5. The quantitative estimate of drug-likeness (QED) is 0.856. The standard InChI is InChI=1S/C21H29N5O2/c1-24-13-8-23-20(24)15-25-9-3-16(4-10-25)17-5-11-26(12-6-17)18-2-7-22-19(14-18)21(27)28/h2,7-8,13-14,16-17H,3-6,9-12,15H2,1H3,(H,27,28). The van der Waals surface area contributed by atoms with Crippen LogP contribution in [0.1, 0.15) is 42.0 Å². The zero-order valence-corrected chi connectivity index (χ0v) is 16.5. The maximum Gasteiger partial charge on any atom is 0.354 e. The molecule has 2 aliphatic rings. The van der Waals surface area contributed by atoms with Crippen LogP contribution in [-0.2, 0) is 13.6 Å². The lowest BCUT2D eigenvalue weighted by molar-refractivity contribution is 0.0690. The molecule has 0 aliphatic carbocycles. The fraction of sp³-hybridized carbons (Fsp3) is 0.571. The molecular weight excluding hydrogens is 354 g/mol. The Bertz CT molecular complexity index is 805. The van der Waals surface area contributed by atoms with Gasteiger partial charge in [0.2, 0.25) is 0 Å². The summed E-state index contributed by atoms with van der Waals surface area (Å²) >= 11 is 0. The van der Waals surface area contributed by atoms with Crippen LogP contribution in [0.15, 0.2) is 30.7 Å². The molecule has 0 bridgehead atoms. The molecule has 4 rings (SSSR count). The minimum atomic E-state index is -0.964. The number of carboxylic acids is 1. The van der Waals surface area contributed by atoms with Gasteiger partial charge in [0.1, 0.15) is 11.5 Å². The molecule has 28 heavy (non-hydrogen) atoms. The Morgan fingerprint density at radius 3 is 2.36 bits per heavy atom. The predicted molar refractivity (Wildman–Crippen MR) is 107 cm³/mol. The van der Waals surface area contributed by atoms with Gasteiger partial charge in [-0.05, 0) is 62.7 Å². The van der Waals surface area contributed by atoms with E-state index in [9.17, 15) is 4.79 Å². The molecule has 2 fully saturated rings. The van der Waals surface area contributed by atoms with E-state index < -0.39 is 5.97 Å². The predicted octanol–water partition coefficient (Wildman–Crippen LogP) is 2.64. The van der Waals surface area contributed by atoms with Crippen LogP contribution in [-0.4, -0.2) is 56.7 Å². The van der Waals surface area contributed by atoms with Crippen molar-refractivity contribution in [3.05, 3.63) is 42.2 Å². The Labute approximate surface area is 166 Å².